The van der Waals surface area contributed by atoms with E-state index in [0.717, 1.165) is 29.1 Å². The fourth-order valence-electron chi connectivity index (χ4n) is 3.32. The molecule has 1 aromatic rings. The van der Waals surface area contributed by atoms with Crippen LogP contribution in [0.15, 0.2) is 24.3 Å². The summed E-state index contributed by atoms with van der Waals surface area (Å²) in [4.78, 5) is 12.2. The van der Waals surface area contributed by atoms with Gasteiger partial charge in [-0.05, 0) is 37.8 Å². The van der Waals surface area contributed by atoms with Gasteiger partial charge in [0, 0.05) is 5.56 Å². The third kappa shape index (κ3) is 4.74. The number of carboxylic acids is 1. The van der Waals surface area contributed by atoms with E-state index in [1.165, 1.54) is 25.7 Å². The molecule has 1 atom stereocenters. The van der Waals surface area contributed by atoms with Crippen molar-refractivity contribution >= 4 is 5.97 Å². The Balaban J connectivity index is 2.13. The standard InChI is InChI=1S/C17H25NO3/c1-21-16-11-7-6-8-14(16)12-18(13-17(19)20)15-9-4-2-3-5-10-15/h6-8,11,15H,2-5,9-10,12-13H2,1H3,(H,19,20). The molecule has 1 aliphatic rings. The van der Waals surface area contributed by atoms with Crippen molar-refractivity contribution in [1.29, 1.82) is 0 Å². The highest BCUT2D eigenvalue weighted by Gasteiger charge is 2.24. The minimum atomic E-state index is -0.968. The summed E-state index contributed by atoms with van der Waals surface area (Å²) in [6, 6.07) is 8.27. The summed E-state index contributed by atoms with van der Waals surface area (Å²) in [5.74, 6) is -0.133. The van der Waals surface area contributed by atoms with Crippen LogP contribution in [0.5, 0.6) is 5.75 Å². The zero-order valence-corrected chi connectivity index (χ0v) is 12.8. The van der Waals surface area contributed by atoms with Crippen molar-refractivity contribution in [2.75, 3.05) is 13.7 Å². The predicted molar refractivity (Wildman–Crippen MR) is 79.0 cm³/mol. The molecular weight excluding hydrogens is 266 g/mol. The van der Waals surface area contributed by atoms with Crippen molar-refractivity contribution in [3.63, 3.8) is 0 Å². The summed E-state index contributed by atoms with van der Waals surface area (Å²) in [7, 11) is 1.66. The van der Waals surface area contributed by atoms with Gasteiger partial charge >= 0.3 is 0 Å². The minimum absolute atomic E-state index is 0.0721. The molecular formula is C17H25NO3. The van der Waals surface area contributed by atoms with E-state index in [9.17, 15) is 9.90 Å². The van der Waals surface area contributed by atoms with Crippen molar-refractivity contribution < 1.29 is 19.5 Å². The lowest BCUT2D eigenvalue weighted by molar-refractivity contribution is -0.934. The first-order valence-electron chi connectivity index (χ1n) is 7.87. The first-order chi connectivity index (χ1) is 10.2. The average Bonchev–Trinajstić information content (AvgIpc) is 2.75. The molecule has 0 amide bonds. The third-order valence-corrected chi connectivity index (χ3v) is 4.41. The molecule has 1 N–H and O–H groups in total. The van der Waals surface area contributed by atoms with E-state index in [0.29, 0.717) is 12.6 Å². The number of hydrogen-bond donors (Lipinski definition) is 1. The Morgan fingerprint density at radius 3 is 2.52 bits per heavy atom. The van der Waals surface area contributed by atoms with Gasteiger partial charge in [-0.15, -0.1) is 0 Å². The maximum absolute atomic E-state index is 11.1. The molecule has 1 aliphatic carbocycles. The number of ether oxygens (including phenoxy) is 1. The van der Waals surface area contributed by atoms with Gasteiger partial charge in [0.2, 0.25) is 0 Å². The zero-order valence-electron chi connectivity index (χ0n) is 12.8. The molecule has 1 unspecified atom stereocenters. The fourth-order valence-corrected chi connectivity index (χ4v) is 3.32. The van der Waals surface area contributed by atoms with Gasteiger partial charge in [0.1, 0.15) is 18.8 Å². The van der Waals surface area contributed by atoms with Gasteiger partial charge in [-0.3, -0.25) is 0 Å². The summed E-state index contributed by atoms with van der Waals surface area (Å²) >= 11 is 0. The topological polar surface area (TPSA) is 53.8 Å². The molecule has 0 bridgehead atoms. The summed E-state index contributed by atoms with van der Waals surface area (Å²) in [6.07, 6.45) is 7.16. The molecule has 1 aromatic carbocycles. The van der Waals surface area contributed by atoms with E-state index in [1.54, 1.807) is 7.11 Å². The van der Waals surface area contributed by atoms with Crippen LogP contribution in [0.25, 0.3) is 0 Å². The quantitative estimate of drug-likeness (QED) is 0.779. The van der Waals surface area contributed by atoms with E-state index >= 15 is 0 Å². The number of methoxy groups -OCH3 is 1. The lowest BCUT2D eigenvalue weighted by Crippen LogP contribution is -3.15. The lowest BCUT2D eigenvalue weighted by atomic mass is 10.1. The number of nitrogens with one attached hydrogen (secondary N) is 1. The number of benzene rings is 1. The maximum Gasteiger partial charge on any atom is 0.127 e. The van der Waals surface area contributed by atoms with Crippen LogP contribution < -0.4 is 14.7 Å². The van der Waals surface area contributed by atoms with E-state index < -0.39 is 5.97 Å². The van der Waals surface area contributed by atoms with Crippen LogP contribution in [0, 0.1) is 0 Å². The number of para-hydroxylation sites is 1. The number of rotatable bonds is 6. The smallest absolute Gasteiger partial charge is 0.127 e. The van der Waals surface area contributed by atoms with E-state index in [4.69, 9.17) is 4.74 Å². The lowest BCUT2D eigenvalue weighted by Gasteiger charge is -2.29. The van der Waals surface area contributed by atoms with Crippen LogP contribution in [0.1, 0.15) is 44.1 Å². The summed E-state index contributed by atoms with van der Waals surface area (Å²) in [5.41, 5.74) is 1.07. The molecule has 116 valence electrons. The van der Waals surface area contributed by atoms with Gasteiger partial charge in [0.15, 0.2) is 0 Å². The molecule has 0 radical (unpaired) electrons. The molecule has 0 spiro atoms. The van der Waals surface area contributed by atoms with Crippen molar-refractivity contribution in [3.8, 4) is 5.75 Å². The largest absolute Gasteiger partial charge is 0.544 e. The Morgan fingerprint density at radius 2 is 1.90 bits per heavy atom. The van der Waals surface area contributed by atoms with Gasteiger partial charge in [-0.25, -0.2) is 0 Å². The molecule has 0 aliphatic heterocycles. The van der Waals surface area contributed by atoms with Crippen LogP contribution in [-0.2, 0) is 11.3 Å². The van der Waals surface area contributed by atoms with Crippen LogP contribution in [0.2, 0.25) is 0 Å². The monoisotopic (exact) mass is 291 g/mol. The molecule has 4 heteroatoms. The summed E-state index contributed by atoms with van der Waals surface area (Å²) in [6.45, 7) is 0.755. The van der Waals surface area contributed by atoms with Crippen molar-refractivity contribution in [2.45, 2.75) is 51.1 Å². The molecule has 1 saturated carbocycles. The van der Waals surface area contributed by atoms with Gasteiger partial charge < -0.3 is 19.5 Å². The van der Waals surface area contributed by atoms with Gasteiger partial charge in [0.25, 0.3) is 0 Å². The van der Waals surface area contributed by atoms with Gasteiger partial charge in [-0.2, -0.15) is 0 Å². The normalized spacial score (nSPS) is 18.0. The van der Waals surface area contributed by atoms with Crippen LogP contribution in [0.3, 0.4) is 0 Å². The molecule has 0 aromatic heterocycles. The van der Waals surface area contributed by atoms with Crippen LogP contribution in [0.4, 0.5) is 0 Å². The van der Waals surface area contributed by atoms with Crippen LogP contribution >= 0.6 is 0 Å². The second-order valence-corrected chi connectivity index (χ2v) is 5.88. The SMILES string of the molecule is COc1ccccc1C[NH+](CC(=O)[O-])C1CCCCCC1. The second-order valence-electron chi connectivity index (χ2n) is 5.88. The highest BCUT2D eigenvalue weighted by Crippen LogP contribution is 2.18. The average molecular weight is 291 g/mol. The van der Waals surface area contributed by atoms with Crippen molar-refractivity contribution in [2.24, 2.45) is 0 Å². The second kappa shape index (κ2) is 8.03. The van der Waals surface area contributed by atoms with E-state index in [-0.39, 0.29) is 6.54 Å². The Bertz CT molecular complexity index is 453. The number of quaternary nitrogens is 1. The first-order valence-corrected chi connectivity index (χ1v) is 7.87. The maximum atomic E-state index is 11.1. The molecule has 21 heavy (non-hydrogen) atoms. The Kier molecular flexibility index (Phi) is 6.05. The summed E-state index contributed by atoms with van der Waals surface area (Å²) < 4.78 is 5.39. The minimum Gasteiger partial charge on any atom is -0.544 e. The zero-order chi connectivity index (χ0) is 15.1. The number of carbonyl (C=O) groups excluding carboxylic acids is 1. The van der Waals surface area contributed by atoms with Gasteiger partial charge in [0.05, 0.1) is 19.1 Å². The van der Waals surface area contributed by atoms with E-state index in [2.05, 4.69) is 0 Å². The fraction of sp³-hybridized carbons (Fsp3) is 0.588. The number of carboxylic acid groups (broad SMARTS) is 1. The number of carbonyl (C=O) groups is 1. The molecule has 0 heterocycles. The Labute approximate surface area is 126 Å². The third-order valence-electron chi connectivity index (χ3n) is 4.41. The van der Waals surface area contributed by atoms with Gasteiger partial charge in [-0.1, -0.05) is 25.0 Å². The summed E-state index contributed by atoms with van der Waals surface area (Å²) in [5, 5.41) is 11.1. The van der Waals surface area contributed by atoms with Crippen molar-refractivity contribution in [1.82, 2.24) is 0 Å². The molecule has 4 nitrogen and oxygen atoms in total. The Morgan fingerprint density at radius 1 is 1.24 bits per heavy atom. The number of hydrogen-bond acceptors (Lipinski definition) is 3. The molecule has 2 rings (SSSR count). The molecule has 1 fully saturated rings. The number of aliphatic carboxylic acids is 1. The molecule has 0 saturated heterocycles. The highest BCUT2D eigenvalue weighted by atomic mass is 16.5. The van der Waals surface area contributed by atoms with E-state index in [1.807, 2.05) is 24.3 Å². The van der Waals surface area contributed by atoms with Crippen molar-refractivity contribution in [3.05, 3.63) is 29.8 Å². The predicted octanol–water partition coefficient (Wildman–Crippen LogP) is 0.553. The van der Waals surface area contributed by atoms with Crippen LogP contribution in [-0.4, -0.2) is 25.7 Å². The highest BCUT2D eigenvalue weighted by molar-refractivity contribution is 5.65. The Hall–Kier alpha value is -1.55. The first kappa shape index (κ1) is 15.8.